The number of benzene rings is 2. The summed E-state index contributed by atoms with van der Waals surface area (Å²) in [7, 11) is 0. The van der Waals surface area contributed by atoms with E-state index >= 15 is 0 Å². The van der Waals surface area contributed by atoms with Crippen LogP contribution in [0.25, 0.3) is 10.2 Å². The van der Waals surface area contributed by atoms with Crippen molar-refractivity contribution in [1.82, 2.24) is 9.55 Å². The number of amides is 1. The summed E-state index contributed by atoms with van der Waals surface area (Å²) < 4.78 is 29.3. The number of fused-ring (bicyclic) bond motifs is 1. The summed E-state index contributed by atoms with van der Waals surface area (Å²) in [6.45, 7) is -0.0101. The van der Waals surface area contributed by atoms with Crippen LogP contribution in [-0.2, 0) is 11.3 Å². The smallest absolute Gasteiger partial charge is 0.272 e. The van der Waals surface area contributed by atoms with E-state index in [9.17, 15) is 18.4 Å². The van der Waals surface area contributed by atoms with Crippen molar-refractivity contribution in [3.8, 4) is 0 Å². The molecule has 0 unspecified atom stereocenters. The van der Waals surface area contributed by atoms with Gasteiger partial charge in [0.1, 0.15) is 16.3 Å². The molecule has 4 rings (SSSR count). The Balaban J connectivity index is 1.58. The number of thioether (sulfide) groups is 1. The zero-order chi connectivity index (χ0) is 22.0. The van der Waals surface area contributed by atoms with Gasteiger partial charge in [0.2, 0.25) is 5.91 Å². The number of hydrogen-bond donors (Lipinski definition) is 1. The number of nitrogens with zero attached hydrogens (tertiary/aromatic N) is 2. The average Bonchev–Trinajstić information content (AvgIpc) is 3.22. The topological polar surface area (TPSA) is 64.0 Å². The summed E-state index contributed by atoms with van der Waals surface area (Å²) in [6, 6.07) is 11.8. The number of nitrogens with one attached hydrogen (secondary N) is 1. The molecular formula is C21H14ClF2N3O2S2. The van der Waals surface area contributed by atoms with E-state index in [1.165, 1.54) is 34.1 Å². The number of thiophene rings is 1. The van der Waals surface area contributed by atoms with Gasteiger partial charge in [-0.15, -0.1) is 11.3 Å². The molecule has 0 radical (unpaired) electrons. The van der Waals surface area contributed by atoms with Crippen molar-refractivity contribution < 1.29 is 13.6 Å². The Labute approximate surface area is 188 Å². The zero-order valence-corrected chi connectivity index (χ0v) is 18.2. The van der Waals surface area contributed by atoms with E-state index in [1.807, 2.05) is 0 Å². The largest absolute Gasteiger partial charge is 0.325 e. The molecule has 158 valence electrons. The minimum Gasteiger partial charge on any atom is -0.325 e. The molecule has 31 heavy (non-hydrogen) atoms. The second-order valence-corrected chi connectivity index (χ2v) is 8.74. The van der Waals surface area contributed by atoms with Crippen molar-refractivity contribution >= 4 is 56.5 Å². The lowest BCUT2D eigenvalue weighted by Gasteiger charge is -2.13. The lowest BCUT2D eigenvalue weighted by atomic mass is 10.2. The van der Waals surface area contributed by atoms with Gasteiger partial charge in [0.05, 0.1) is 22.8 Å². The molecule has 0 saturated heterocycles. The van der Waals surface area contributed by atoms with Crippen LogP contribution < -0.4 is 10.9 Å². The van der Waals surface area contributed by atoms with Gasteiger partial charge < -0.3 is 5.32 Å². The second kappa shape index (κ2) is 9.17. The fourth-order valence-electron chi connectivity index (χ4n) is 2.87. The molecule has 0 saturated carbocycles. The van der Waals surface area contributed by atoms with Crippen LogP contribution in [0, 0.1) is 11.6 Å². The van der Waals surface area contributed by atoms with Crippen LogP contribution >= 0.6 is 34.7 Å². The van der Waals surface area contributed by atoms with E-state index in [4.69, 9.17) is 11.6 Å². The second-order valence-electron chi connectivity index (χ2n) is 6.48. The van der Waals surface area contributed by atoms with E-state index in [2.05, 4.69) is 10.3 Å². The molecule has 0 aliphatic rings. The zero-order valence-electron chi connectivity index (χ0n) is 15.8. The standard InChI is InChI=1S/C21H14ClF2N3O2S2/c22-14-9-13(5-6-16(14)24)25-18(28)11-31-21-26-17-7-8-30-19(17)20(29)27(21)10-12-3-1-2-4-15(12)23/h1-9H,10-11H2,(H,25,28). The highest BCUT2D eigenvalue weighted by atomic mass is 35.5. The predicted octanol–water partition coefficient (Wildman–Crippen LogP) is 5.17. The van der Waals surface area contributed by atoms with Crippen LogP contribution in [0.4, 0.5) is 14.5 Å². The Bertz CT molecular complexity index is 1340. The molecule has 1 amide bonds. The van der Waals surface area contributed by atoms with Crippen LogP contribution in [0.1, 0.15) is 5.56 Å². The number of carbonyl (C=O) groups excluding carboxylic acids is 1. The maximum absolute atomic E-state index is 14.2. The van der Waals surface area contributed by atoms with Gasteiger partial charge in [-0.05, 0) is 35.7 Å². The Morgan fingerprint density at radius 3 is 2.74 bits per heavy atom. The summed E-state index contributed by atoms with van der Waals surface area (Å²) >= 11 is 8.05. The maximum Gasteiger partial charge on any atom is 0.272 e. The molecule has 1 N–H and O–H groups in total. The molecule has 0 spiro atoms. The summed E-state index contributed by atoms with van der Waals surface area (Å²) in [4.78, 5) is 29.8. The van der Waals surface area contributed by atoms with Crippen LogP contribution in [0.5, 0.6) is 0 Å². The van der Waals surface area contributed by atoms with Gasteiger partial charge in [-0.3, -0.25) is 14.2 Å². The number of anilines is 1. The highest BCUT2D eigenvalue weighted by Crippen LogP contribution is 2.23. The Morgan fingerprint density at radius 1 is 1.16 bits per heavy atom. The lowest BCUT2D eigenvalue weighted by molar-refractivity contribution is -0.113. The fraction of sp³-hybridized carbons (Fsp3) is 0.0952. The number of halogens is 3. The molecule has 0 fully saturated rings. The normalized spacial score (nSPS) is 11.1. The van der Waals surface area contributed by atoms with Gasteiger partial charge in [-0.1, -0.05) is 41.6 Å². The van der Waals surface area contributed by atoms with E-state index in [0.717, 1.165) is 17.8 Å². The van der Waals surface area contributed by atoms with Crippen molar-refractivity contribution in [1.29, 1.82) is 0 Å². The van der Waals surface area contributed by atoms with E-state index < -0.39 is 11.6 Å². The Kier molecular flexibility index (Phi) is 6.35. The van der Waals surface area contributed by atoms with Crippen LogP contribution in [-0.4, -0.2) is 21.2 Å². The van der Waals surface area contributed by atoms with Crippen molar-refractivity contribution in [2.75, 3.05) is 11.1 Å². The van der Waals surface area contributed by atoms with Gasteiger partial charge in [0.25, 0.3) is 5.56 Å². The number of carbonyl (C=O) groups is 1. The van der Waals surface area contributed by atoms with Gasteiger partial charge >= 0.3 is 0 Å². The number of hydrogen-bond acceptors (Lipinski definition) is 5. The molecule has 5 nitrogen and oxygen atoms in total. The summed E-state index contributed by atoms with van der Waals surface area (Å²) in [5, 5.41) is 4.57. The number of aromatic nitrogens is 2. The lowest BCUT2D eigenvalue weighted by Crippen LogP contribution is -2.24. The molecular weight excluding hydrogens is 464 g/mol. The molecule has 4 aromatic rings. The van der Waals surface area contributed by atoms with E-state index in [-0.39, 0.29) is 28.8 Å². The van der Waals surface area contributed by atoms with Crippen molar-refractivity contribution in [2.45, 2.75) is 11.7 Å². The first-order valence-electron chi connectivity index (χ1n) is 9.01. The molecule has 2 heterocycles. The summed E-state index contributed by atoms with van der Waals surface area (Å²) in [5.74, 6) is -1.46. The molecule has 2 aromatic carbocycles. The van der Waals surface area contributed by atoms with Crippen LogP contribution in [0.15, 0.2) is 63.9 Å². The van der Waals surface area contributed by atoms with Gasteiger partial charge in [0.15, 0.2) is 5.16 Å². The van der Waals surface area contributed by atoms with Crippen LogP contribution in [0.2, 0.25) is 5.02 Å². The first kappa shape index (κ1) is 21.5. The molecule has 0 atom stereocenters. The first-order chi connectivity index (χ1) is 14.9. The minimum atomic E-state index is -0.584. The summed E-state index contributed by atoms with van der Waals surface area (Å²) in [5.41, 5.74) is 0.918. The minimum absolute atomic E-state index is 0.0101. The van der Waals surface area contributed by atoms with Crippen LogP contribution in [0.3, 0.4) is 0 Å². The van der Waals surface area contributed by atoms with E-state index in [0.29, 0.717) is 26.6 Å². The molecule has 0 aliphatic carbocycles. The average molecular weight is 478 g/mol. The fourth-order valence-corrected chi connectivity index (χ4v) is 4.63. The monoisotopic (exact) mass is 477 g/mol. The molecule has 0 aliphatic heterocycles. The third-order valence-electron chi connectivity index (χ3n) is 4.35. The van der Waals surface area contributed by atoms with Gasteiger partial charge in [-0.25, -0.2) is 13.8 Å². The third-order valence-corrected chi connectivity index (χ3v) is 6.51. The number of rotatable bonds is 6. The highest BCUT2D eigenvalue weighted by Gasteiger charge is 2.16. The third kappa shape index (κ3) is 4.79. The van der Waals surface area contributed by atoms with Crippen molar-refractivity contribution in [3.63, 3.8) is 0 Å². The Morgan fingerprint density at radius 2 is 1.97 bits per heavy atom. The SMILES string of the molecule is O=C(CSc1nc2ccsc2c(=O)n1Cc1ccccc1F)Nc1ccc(F)c(Cl)c1. The molecule has 2 aromatic heterocycles. The highest BCUT2D eigenvalue weighted by molar-refractivity contribution is 7.99. The van der Waals surface area contributed by atoms with Crippen molar-refractivity contribution in [2.24, 2.45) is 0 Å². The van der Waals surface area contributed by atoms with E-state index in [1.54, 1.807) is 29.6 Å². The quantitative estimate of drug-likeness (QED) is 0.307. The predicted molar refractivity (Wildman–Crippen MR) is 120 cm³/mol. The Hall–Kier alpha value is -2.75. The first-order valence-corrected chi connectivity index (χ1v) is 11.3. The van der Waals surface area contributed by atoms with Gasteiger partial charge in [0, 0.05) is 11.3 Å². The molecule has 0 bridgehead atoms. The molecule has 10 heteroatoms. The maximum atomic E-state index is 14.2. The van der Waals surface area contributed by atoms with Gasteiger partial charge in [-0.2, -0.15) is 0 Å². The van der Waals surface area contributed by atoms with Crippen molar-refractivity contribution in [3.05, 3.63) is 86.5 Å². The summed E-state index contributed by atoms with van der Waals surface area (Å²) in [6.07, 6.45) is 0.